The van der Waals surface area contributed by atoms with Gasteiger partial charge in [0.25, 0.3) is 0 Å². The van der Waals surface area contributed by atoms with E-state index in [0.29, 0.717) is 11.6 Å². The van der Waals surface area contributed by atoms with Gasteiger partial charge < -0.3 is 10.6 Å². The Kier molecular flexibility index (Phi) is 4.55. The fourth-order valence-corrected chi connectivity index (χ4v) is 2.95. The van der Waals surface area contributed by atoms with Crippen LogP contribution in [0.4, 0.5) is 17.3 Å². The molecule has 5 heteroatoms. The second kappa shape index (κ2) is 6.77. The van der Waals surface area contributed by atoms with E-state index in [9.17, 15) is 4.79 Å². The maximum atomic E-state index is 11.5. The summed E-state index contributed by atoms with van der Waals surface area (Å²) < 4.78 is 0. The lowest BCUT2D eigenvalue weighted by atomic mass is 10.1. The largest absolute Gasteiger partial charge is 0.367 e. The maximum Gasteiger partial charge on any atom is 0.159 e. The van der Waals surface area contributed by atoms with Crippen LogP contribution in [0.1, 0.15) is 48.8 Å². The molecule has 1 fully saturated rings. The minimum atomic E-state index is 0.0520. The Bertz CT molecular complexity index is 708. The quantitative estimate of drug-likeness (QED) is 0.814. The SMILES string of the molecule is CC(=O)c1cccc(Nc2cc(NC3CCCC3)nc(C)n2)c1. The molecule has 3 rings (SSSR count). The molecule has 1 aromatic heterocycles. The average molecular weight is 310 g/mol. The number of hydrogen-bond donors (Lipinski definition) is 2. The van der Waals surface area contributed by atoms with Crippen molar-refractivity contribution in [3.05, 3.63) is 41.7 Å². The number of aromatic nitrogens is 2. The van der Waals surface area contributed by atoms with Gasteiger partial charge in [0.05, 0.1) is 0 Å². The molecule has 0 amide bonds. The third-order valence-electron chi connectivity index (χ3n) is 4.09. The van der Waals surface area contributed by atoms with Crippen LogP contribution in [0, 0.1) is 6.92 Å². The van der Waals surface area contributed by atoms with Crippen LogP contribution >= 0.6 is 0 Å². The number of carbonyl (C=O) groups excluding carboxylic acids is 1. The monoisotopic (exact) mass is 310 g/mol. The van der Waals surface area contributed by atoms with Crippen LogP contribution in [0.25, 0.3) is 0 Å². The van der Waals surface area contributed by atoms with Gasteiger partial charge in [0.1, 0.15) is 17.5 Å². The van der Waals surface area contributed by atoms with E-state index in [1.54, 1.807) is 6.92 Å². The van der Waals surface area contributed by atoms with E-state index in [1.807, 2.05) is 37.3 Å². The number of hydrogen-bond acceptors (Lipinski definition) is 5. The minimum absolute atomic E-state index is 0.0520. The Morgan fingerprint density at radius 3 is 2.61 bits per heavy atom. The number of aryl methyl sites for hydroxylation is 1. The van der Waals surface area contributed by atoms with E-state index >= 15 is 0 Å². The van der Waals surface area contributed by atoms with Crippen LogP contribution in [0.2, 0.25) is 0 Å². The number of nitrogens with zero attached hydrogens (tertiary/aromatic N) is 2. The van der Waals surface area contributed by atoms with E-state index < -0.39 is 0 Å². The molecule has 0 spiro atoms. The Morgan fingerprint density at radius 2 is 1.87 bits per heavy atom. The van der Waals surface area contributed by atoms with Gasteiger partial charge in [-0.2, -0.15) is 0 Å². The van der Waals surface area contributed by atoms with Gasteiger partial charge in [0, 0.05) is 23.4 Å². The highest BCUT2D eigenvalue weighted by molar-refractivity contribution is 5.95. The average Bonchev–Trinajstić information content (AvgIpc) is 2.99. The van der Waals surface area contributed by atoms with E-state index in [0.717, 1.165) is 23.1 Å². The summed E-state index contributed by atoms with van der Waals surface area (Å²) in [5.41, 5.74) is 1.53. The van der Waals surface area contributed by atoms with Gasteiger partial charge in [-0.05, 0) is 38.8 Å². The van der Waals surface area contributed by atoms with Crippen LogP contribution in [0.3, 0.4) is 0 Å². The third kappa shape index (κ3) is 4.06. The summed E-state index contributed by atoms with van der Waals surface area (Å²) in [5.74, 6) is 2.36. The number of carbonyl (C=O) groups is 1. The van der Waals surface area contributed by atoms with E-state index in [4.69, 9.17) is 0 Å². The second-order valence-electron chi connectivity index (χ2n) is 6.07. The molecule has 1 aliphatic rings. The van der Waals surface area contributed by atoms with E-state index in [1.165, 1.54) is 25.7 Å². The smallest absolute Gasteiger partial charge is 0.159 e. The van der Waals surface area contributed by atoms with Crippen molar-refractivity contribution >= 4 is 23.1 Å². The number of ketones is 1. The van der Waals surface area contributed by atoms with Crippen molar-refractivity contribution in [1.82, 2.24) is 9.97 Å². The van der Waals surface area contributed by atoms with Gasteiger partial charge in [-0.1, -0.05) is 25.0 Å². The summed E-state index contributed by atoms with van der Waals surface area (Å²) in [4.78, 5) is 20.4. The maximum absolute atomic E-state index is 11.5. The van der Waals surface area contributed by atoms with Crippen LogP contribution in [0.15, 0.2) is 30.3 Å². The first-order valence-electron chi connectivity index (χ1n) is 8.10. The predicted molar refractivity (Wildman–Crippen MR) is 92.4 cm³/mol. The summed E-state index contributed by atoms with van der Waals surface area (Å²) >= 11 is 0. The van der Waals surface area contributed by atoms with Crippen molar-refractivity contribution in [2.24, 2.45) is 0 Å². The molecule has 23 heavy (non-hydrogen) atoms. The first-order chi connectivity index (χ1) is 11.1. The van der Waals surface area contributed by atoms with Gasteiger partial charge in [-0.3, -0.25) is 4.79 Å². The molecular weight excluding hydrogens is 288 g/mol. The van der Waals surface area contributed by atoms with Crippen LogP contribution in [0.5, 0.6) is 0 Å². The van der Waals surface area contributed by atoms with Crippen LogP contribution < -0.4 is 10.6 Å². The van der Waals surface area contributed by atoms with Crippen molar-refractivity contribution in [2.75, 3.05) is 10.6 Å². The molecule has 2 N–H and O–H groups in total. The number of nitrogens with one attached hydrogen (secondary N) is 2. The Balaban J connectivity index is 1.78. The lowest BCUT2D eigenvalue weighted by Crippen LogP contribution is -2.16. The first kappa shape index (κ1) is 15.5. The van der Waals surface area contributed by atoms with Crippen molar-refractivity contribution < 1.29 is 4.79 Å². The fourth-order valence-electron chi connectivity index (χ4n) is 2.95. The number of anilines is 3. The van der Waals surface area contributed by atoms with E-state index in [-0.39, 0.29) is 5.78 Å². The van der Waals surface area contributed by atoms with Gasteiger partial charge in [-0.25, -0.2) is 9.97 Å². The molecular formula is C18H22N4O. The normalized spacial score (nSPS) is 14.7. The van der Waals surface area contributed by atoms with Gasteiger partial charge in [0.15, 0.2) is 5.78 Å². The molecule has 1 aliphatic carbocycles. The zero-order chi connectivity index (χ0) is 16.2. The van der Waals surface area contributed by atoms with Gasteiger partial charge in [-0.15, -0.1) is 0 Å². The molecule has 2 aromatic rings. The lowest BCUT2D eigenvalue weighted by Gasteiger charge is -2.14. The summed E-state index contributed by atoms with van der Waals surface area (Å²) in [6.45, 7) is 3.45. The van der Waals surface area contributed by atoms with Crippen molar-refractivity contribution in [3.63, 3.8) is 0 Å². The second-order valence-corrected chi connectivity index (χ2v) is 6.07. The topological polar surface area (TPSA) is 66.9 Å². The molecule has 0 radical (unpaired) electrons. The van der Waals surface area contributed by atoms with E-state index in [2.05, 4.69) is 20.6 Å². The minimum Gasteiger partial charge on any atom is -0.367 e. The van der Waals surface area contributed by atoms with Crippen LogP contribution in [-0.2, 0) is 0 Å². The van der Waals surface area contributed by atoms with Crippen molar-refractivity contribution in [3.8, 4) is 0 Å². The molecule has 0 aliphatic heterocycles. The molecule has 0 atom stereocenters. The molecule has 0 saturated heterocycles. The highest BCUT2D eigenvalue weighted by Crippen LogP contribution is 2.23. The zero-order valence-electron chi connectivity index (χ0n) is 13.6. The molecule has 1 heterocycles. The Hall–Kier alpha value is -2.43. The Labute approximate surface area is 136 Å². The highest BCUT2D eigenvalue weighted by atomic mass is 16.1. The molecule has 0 unspecified atom stereocenters. The fraction of sp³-hybridized carbons (Fsp3) is 0.389. The molecule has 0 bridgehead atoms. The van der Waals surface area contributed by atoms with Crippen LogP contribution in [-0.4, -0.2) is 21.8 Å². The highest BCUT2D eigenvalue weighted by Gasteiger charge is 2.15. The van der Waals surface area contributed by atoms with Gasteiger partial charge in [0.2, 0.25) is 0 Å². The summed E-state index contributed by atoms with van der Waals surface area (Å²) in [6, 6.07) is 9.87. The van der Waals surface area contributed by atoms with Crippen molar-refractivity contribution in [2.45, 2.75) is 45.6 Å². The summed E-state index contributed by atoms with van der Waals surface area (Å²) in [5, 5.41) is 6.75. The Morgan fingerprint density at radius 1 is 1.13 bits per heavy atom. The number of benzene rings is 1. The summed E-state index contributed by atoms with van der Waals surface area (Å²) in [6.07, 6.45) is 4.97. The predicted octanol–water partition coefficient (Wildman–Crippen LogP) is 4.09. The molecule has 120 valence electrons. The molecule has 5 nitrogen and oxygen atoms in total. The van der Waals surface area contributed by atoms with Gasteiger partial charge >= 0.3 is 0 Å². The number of rotatable bonds is 5. The third-order valence-corrected chi connectivity index (χ3v) is 4.09. The standard InChI is InChI=1S/C18H22N4O/c1-12(23)14-6-5-9-16(10-14)22-18-11-17(19-13(2)20-18)21-15-7-3-4-8-15/h5-6,9-11,15H,3-4,7-8H2,1-2H3,(H2,19,20,21,22). The summed E-state index contributed by atoms with van der Waals surface area (Å²) in [7, 11) is 0. The number of Topliss-reactive ketones (excluding diaryl/α,β-unsaturated/α-hetero) is 1. The van der Waals surface area contributed by atoms with Crippen molar-refractivity contribution in [1.29, 1.82) is 0 Å². The first-order valence-corrected chi connectivity index (χ1v) is 8.10. The molecule has 1 saturated carbocycles. The molecule has 1 aromatic carbocycles. The zero-order valence-corrected chi connectivity index (χ0v) is 13.6. The lowest BCUT2D eigenvalue weighted by molar-refractivity contribution is 0.101.